The topological polar surface area (TPSA) is 109 Å². The van der Waals surface area contributed by atoms with Crippen molar-refractivity contribution in [2.24, 2.45) is 0 Å². The van der Waals surface area contributed by atoms with Crippen LogP contribution in [0.4, 0.5) is 11.9 Å². The van der Waals surface area contributed by atoms with Crippen LogP contribution in [0.3, 0.4) is 0 Å². The molecule has 0 bridgehead atoms. The van der Waals surface area contributed by atoms with Crippen LogP contribution in [-0.2, 0) is 9.59 Å². The maximum absolute atomic E-state index is 11.7. The molecule has 0 saturated carbocycles. The predicted octanol–water partition coefficient (Wildman–Crippen LogP) is -0.447. The molecule has 1 fully saturated rings. The smallest absolute Gasteiger partial charge is 0.323 e. The van der Waals surface area contributed by atoms with Crippen molar-refractivity contribution in [3.05, 3.63) is 0 Å². The molecule has 1 aromatic heterocycles. The van der Waals surface area contributed by atoms with Crippen LogP contribution >= 0.6 is 0 Å². The highest BCUT2D eigenvalue weighted by Gasteiger charge is 2.32. The average molecular weight is 294 g/mol. The van der Waals surface area contributed by atoms with Gasteiger partial charge in [0.15, 0.2) is 0 Å². The van der Waals surface area contributed by atoms with Gasteiger partial charge in [0.1, 0.15) is 12.6 Å². The van der Waals surface area contributed by atoms with Crippen LogP contribution in [0.2, 0.25) is 0 Å². The van der Waals surface area contributed by atoms with Crippen molar-refractivity contribution >= 4 is 23.7 Å². The Labute approximate surface area is 122 Å². The Balaban J connectivity index is 2.32. The van der Waals surface area contributed by atoms with Crippen molar-refractivity contribution in [1.29, 1.82) is 0 Å². The largest absolute Gasteiger partial charge is 0.463 e. The van der Waals surface area contributed by atoms with E-state index < -0.39 is 6.04 Å². The molecule has 2 heterocycles. The molecule has 1 atom stereocenters. The minimum absolute atomic E-state index is 0.00723. The van der Waals surface area contributed by atoms with Gasteiger partial charge in [0.05, 0.1) is 6.61 Å². The number of imide groups is 1. The van der Waals surface area contributed by atoms with Gasteiger partial charge in [0, 0.05) is 7.05 Å². The molecule has 2 amide bonds. The zero-order chi connectivity index (χ0) is 15.4. The van der Waals surface area contributed by atoms with Gasteiger partial charge < -0.3 is 15.0 Å². The van der Waals surface area contributed by atoms with Gasteiger partial charge in [0.2, 0.25) is 23.7 Å². The van der Waals surface area contributed by atoms with Gasteiger partial charge in [-0.2, -0.15) is 15.0 Å². The Bertz CT molecular complexity index is 550. The summed E-state index contributed by atoms with van der Waals surface area (Å²) in [6, 6.07) is -0.384. The van der Waals surface area contributed by atoms with Crippen LogP contribution in [0.1, 0.15) is 20.3 Å². The van der Waals surface area contributed by atoms with E-state index in [1.165, 1.54) is 4.90 Å². The first-order valence-corrected chi connectivity index (χ1v) is 6.72. The lowest BCUT2D eigenvalue weighted by Crippen LogP contribution is -2.57. The average Bonchev–Trinajstić information content (AvgIpc) is 2.48. The summed E-state index contributed by atoms with van der Waals surface area (Å²) in [4.78, 5) is 37.2. The number of piperazine rings is 1. The van der Waals surface area contributed by atoms with Crippen molar-refractivity contribution in [3.63, 3.8) is 0 Å². The molecular weight excluding hydrogens is 276 g/mol. The Kier molecular flexibility index (Phi) is 4.51. The summed E-state index contributed by atoms with van der Waals surface area (Å²) in [5.74, 6) is -0.220. The van der Waals surface area contributed by atoms with Crippen LogP contribution in [0, 0.1) is 0 Å². The number of amides is 2. The SMILES string of the molecule is CCCOc1nc(NC)nc(N2CC(=O)NC(=O)C2C)n1. The standard InChI is InChI=1S/C12H18N6O3/c1-4-5-21-12-16-10(13-3)15-11(17-12)18-6-8(19)14-9(20)7(18)2/h7H,4-6H2,1-3H3,(H,14,19,20)(H,13,15,16,17). The quantitative estimate of drug-likeness (QED) is 0.703. The number of rotatable bonds is 5. The number of nitrogens with zero attached hydrogens (tertiary/aromatic N) is 4. The fourth-order valence-corrected chi connectivity index (χ4v) is 1.80. The summed E-state index contributed by atoms with van der Waals surface area (Å²) in [6.45, 7) is 4.13. The lowest BCUT2D eigenvalue weighted by atomic mass is 10.2. The minimum atomic E-state index is -0.547. The maximum atomic E-state index is 11.7. The number of aromatic nitrogens is 3. The van der Waals surface area contributed by atoms with Crippen molar-refractivity contribution < 1.29 is 14.3 Å². The van der Waals surface area contributed by atoms with E-state index in [2.05, 4.69) is 25.6 Å². The molecule has 2 rings (SSSR count). The van der Waals surface area contributed by atoms with E-state index in [1.54, 1.807) is 14.0 Å². The molecule has 0 aromatic carbocycles. The predicted molar refractivity (Wildman–Crippen MR) is 75.1 cm³/mol. The first-order chi connectivity index (χ1) is 10.0. The van der Waals surface area contributed by atoms with Gasteiger partial charge in [-0.1, -0.05) is 6.92 Å². The van der Waals surface area contributed by atoms with E-state index >= 15 is 0 Å². The Hall–Kier alpha value is -2.45. The van der Waals surface area contributed by atoms with Gasteiger partial charge in [0.25, 0.3) is 0 Å². The van der Waals surface area contributed by atoms with Gasteiger partial charge in [-0.25, -0.2) is 0 Å². The second-order valence-electron chi connectivity index (χ2n) is 4.56. The second-order valence-corrected chi connectivity index (χ2v) is 4.56. The molecule has 114 valence electrons. The van der Waals surface area contributed by atoms with E-state index in [4.69, 9.17) is 4.74 Å². The molecule has 9 nitrogen and oxygen atoms in total. The van der Waals surface area contributed by atoms with Crippen LogP contribution in [-0.4, -0.2) is 53.0 Å². The fraction of sp³-hybridized carbons (Fsp3) is 0.583. The van der Waals surface area contributed by atoms with Crippen molar-refractivity contribution in [1.82, 2.24) is 20.3 Å². The van der Waals surface area contributed by atoms with Crippen molar-refractivity contribution in [2.45, 2.75) is 26.3 Å². The lowest BCUT2D eigenvalue weighted by Gasteiger charge is -2.31. The summed E-state index contributed by atoms with van der Waals surface area (Å²) < 4.78 is 5.40. The van der Waals surface area contributed by atoms with Crippen LogP contribution < -0.4 is 20.3 Å². The van der Waals surface area contributed by atoms with Crippen LogP contribution in [0.15, 0.2) is 0 Å². The highest BCUT2D eigenvalue weighted by molar-refractivity contribution is 6.04. The summed E-state index contributed by atoms with van der Waals surface area (Å²) in [5.41, 5.74) is 0. The molecule has 1 aliphatic heterocycles. The number of carbonyl (C=O) groups excluding carboxylic acids is 2. The van der Waals surface area contributed by atoms with E-state index in [-0.39, 0.29) is 30.3 Å². The number of carbonyl (C=O) groups is 2. The number of hydrogen-bond donors (Lipinski definition) is 2. The van der Waals surface area contributed by atoms with Crippen LogP contribution in [0.25, 0.3) is 0 Å². The monoisotopic (exact) mass is 294 g/mol. The van der Waals surface area contributed by atoms with E-state index in [0.717, 1.165) is 6.42 Å². The Morgan fingerprint density at radius 2 is 2.14 bits per heavy atom. The Morgan fingerprint density at radius 3 is 2.81 bits per heavy atom. The van der Waals surface area contributed by atoms with Gasteiger partial charge in [-0.3, -0.25) is 14.9 Å². The molecule has 1 unspecified atom stereocenters. The number of ether oxygens (including phenoxy) is 1. The molecule has 1 aromatic rings. The van der Waals surface area contributed by atoms with E-state index in [0.29, 0.717) is 12.6 Å². The third-order valence-corrected chi connectivity index (χ3v) is 2.94. The first kappa shape index (κ1) is 14.9. The minimum Gasteiger partial charge on any atom is -0.463 e. The fourth-order valence-electron chi connectivity index (χ4n) is 1.80. The van der Waals surface area contributed by atoms with E-state index in [1.807, 2.05) is 6.92 Å². The zero-order valence-corrected chi connectivity index (χ0v) is 12.2. The highest BCUT2D eigenvalue weighted by atomic mass is 16.5. The van der Waals surface area contributed by atoms with Crippen LogP contribution in [0.5, 0.6) is 6.01 Å². The highest BCUT2D eigenvalue weighted by Crippen LogP contribution is 2.18. The molecule has 1 saturated heterocycles. The Morgan fingerprint density at radius 1 is 1.38 bits per heavy atom. The lowest BCUT2D eigenvalue weighted by molar-refractivity contribution is -0.132. The first-order valence-electron chi connectivity index (χ1n) is 6.72. The van der Waals surface area contributed by atoms with E-state index in [9.17, 15) is 9.59 Å². The molecule has 1 aliphatic rings. The van der Waals surface area contributed by atoms with Gasteiger partial charge in [-0.05, 0) is 13.3 Å². The van der Waals surface area contributed by atoms with Gasteiger partial charge >= 0.3 is 6.01 Å². The summed E-state index contributed by atoms with van der Waals surface area (Å²) in [7, 11) is 1.67. The molecule has 2 N–H and O–H groups in total. The zero-order valence-electron chi connectivity index (χ0n) is 12.2. The maximum Gasteiger partial charge on any atom is 0.323 e. The third kappa shape index (κ3) is 3.36. The van der Waals surface area contributed by atoms with Crippen molar-refractivity contribution in [2.75, 3.05) is 30.4 Å². The normalized spacial score (nSPS) is 18.4. The third-order valence-electron chi connectivity index (χ3n) is 2.94. The molecular formula is C12H18N6O3. The summed E-state index contributed by atoms with van der Waals surface area (Å²) in [6.07, 6.45) is 0.816. The molecule has 9 heteroatoms. The van der Waals surface area contributed by atoms with Crippen molar-refractivity contribution in [3.8, 4) is 6.01 Å². The van der Waals surface area contributed by atoms with Gasteiger partial charge in [-0.15, -0.1) is 0 Å². The summed E-state index contributed by atoms with van der Waals surface area (Å²) >= 11 is 0. The number of hydrogen-bond acceptors (Lipinski definition) is 8. The second kappa shape index (κ2) is 6.33. The number of anilines is 2. The number of nitrogens with one attached hydrogen (secondary N) is 2. The molecule has 0 spiro atoms. The molecule has 21 heavy (non-hydrogen) atoms. The summed E-state index contributed by atoms with van der Waals surface area (Å²) in [5, 5.41) is 5.07. The molecule has 0 radical (unpaired) electrons. The molecule has 0 aliphatic carbocycles.